The molecule has 1 fully saturated rings. The Morgan fingerprint density at radius 3 is 2.92 bits per heavy atom. The number of hydrogen-bond donors (Lipinski definition) is 2. The molecule has 0 aromatic rings. The first-order chi connectivity index (χ1) is 5.61. The lowest BCUT2D eigenvalue weighted by Crippen LogP contribution is -2.48. The van der Waals surface area contributed by atoms with Crippen LogP contribution in [0.1, 0.15) is 6.42 Å². The van der Waals surface area contributed by atoms with E-state index >= 15 is 0 Å². The predicted molar refractivity (Wildman–Crippen MR) is 38.0 cm³/mol. The second-order valence-electron chi connectivity index (χ2n) is 2.93. The molecule has 0 amide bonds. The quantitative estimate of drug-likeness (QED) is 0.616. The Morgan fingerprint density at radius 2 is 2.33 bits per heavy atom. The molecule has 5 heteroatoms. The monoisotopic (exact) mass is 179 g/mol. The molecule has 2 atom stereocenters. The van der Waals surface area contributed by atoms with E-state index in [4.69, 9.17) is 5.11 Å². The zero-order valence-electron chi connectivity index (χ0n) is 6.46. The van der Waals surface area contributed by atoms with Crippen LogP contribution in [0.3, 0.4) is 0 Å². The summed E-state index contributed by atoms with van der Waals surface area (Å²) in [5.74, 6) is -1.03. The summed E-state index contributed by atoms with van der Waals surface area (Å²) in [6, 6.07) is 0. The molecule has 2 N–H and O–H groups in total. The summed E-state index contributed by atoms with van der Waals surface area (Å²) in [6.07, 6.45) is -4.09. The second kappa shape index (κ2) is 3.91. The number of rotatable bonds is 2. The van der Waals surface area contributed by atoms with E-state index in [-0.39, 0.29) is 13.1 Å². The van der Waals surface area contributed by atoms with Crippen LogP contribution in [0.4, 0.5) is 8.78 Å². The Hall–Kier alpha value is -0.550. The first kappa shape index (κ1) is 9.54. The Bertz CT molecular complexity index is 175. The van der Waals surface area contributed by atoms with Crippen molar-refractivity contribution in [2.75, 3.05) is 13.1 Å². The highest BCUT2D eigenvalue weighted by Gasteiger charge is 2.31. The van der Waals surface area contributed by atoms with Gasteiger partial charge in [-0.25, -0.2) is 8.78 Å². The zero-order chi connectivity index (χ0) is 9.14. The minimum atomic E-state index is -2.46. The Kier molecular flexibility index (Phi) is 3.11. The van der Waals surface area contributed by atoms with Crippen LogP contribution < -0.4 is 5.32 Å². The molecule has 0 aromatic carbocycles. The third kappa shape index (κ3) is 2.22. The largest absolute Gasteiger partial charge is 0.385 e. The smallest absolute Gasteiger partial charge is 0.239 e. The number of aliphatic hydroxyl groups is 1. The Labute approximate surface area is 68.8 Å². The van der Waals surface area contributed by atoms with Gasteiger partial charge in [-0.15, -0.1) is 0 Å². The lowest BCUT2D eigenvalue weighted by Gasteiger charge is -2.26. The maximum atomic E-state index is 11.9. The Morgan fingerprint density at radius 1 is 1.67 bits per heavy atom. The maximum absolute atomic E-state index is 11.9. The average Bonchev–Trinajstić information content (AvgIpc) is 1.98. The van der Waals surface area contributed by atoms with Crippen LogP contribution in [0, 0.1) is 5.92 Å². The summed E-state index contributed by atoms with van der Waals surface area (Å²) in [5.41, 5.74) is 0. The second-order valence-corrected chi connectivity index (χ2v) is 2.93. The SMILES string of the molecule is O=C1CNC[C@H](CC(F)F)[C@H]1O. The number of aliphatic hydroxyl groups excluding tert-OH is 1. The summed E-state index contributed by atoms with van der Waals surface area (Å²) in [7, 11) is 0. The Balaban J connectivity index is 2.46. The molecule has 1 aliphatic rings. The van der Waals surface area contributed by atoms with Gasteiger partial charge in [-0.1, -0.05) is 0 Å². The van der Waals surface area contributed by atoms with Crippen LogP contribution in [0.15, 0.2) is 0 Å². The minimum absolute atomic E-state index is 0.0842. The third-order valence-corrected chi connectivity index (χ3v) is 1.96. The van der Waals surface area contributed by atoms with Gasteiger partial charge in [-0.2, -0.15) is 0 Å². The van der Waals surface area contributed by atoms with E-state index in [0.29, 0.717) is 0 Å². The van der Waals surface area contributed by atoms with Gasteiger partial charge in [0.05, 0.1) is 6.54 Å². The van der Waals surface area contributed by atoms with Gasteiger partial charge >= 0.3 is 0 Å². The van der Waals surface area contributed by atoms with Gasteiger partial charge in [0, 0.05) is 18.9 Å². The van der Waals surface area contributed by atoms with Gasteiger partial charge < -0.3 is 10.4 Å². The van der Waals surface area contributed by atoms with E-state index < -0.39 is 30.7 Å². The van der Waals surface area contributed by atoms with Crippen LogP contribution in [0.2, 0.25) is 0 Å². The van der Waals surface area contributed by atoms with E-state index in [1.54, 1.807) is 0 Å². The van der Waals surface area contributed by atoms with Crippen LogP contribution in [-0.2, 0) is 4.79 Å². The number of ketones is 1. The molecule has 70 valence electrons. The number of hydrogen-bond acceptors (Lipinski definition) is 3. The fraction of sp³-hybridized carbons (Fsp3) is 0.857. The molecule has 3 nitrogen and oxygen atoms in total. The molecule has 0 unspecified atom stereocenters. The highest BCUT2D eigenvalue weighted by atomic mass is 19.3. The van der Waals surface area contributed by atoms with E-state index in [1.165, 1.54) is 0 Å². The van der Waals surface area contributed by atoms with Gasteiger partial charge in [-0.05, 0) is 0 Å². The topological polar surface area (TPSA) is 49.3 Å². The van der Waals surface area contributed by atoms with Crippen molar-refractivity contribution >= 4 is 5.78 Å². The van der Waals surface area contributed by atoms with E-state index in [2.05, 4.69) is 5.32 Å². The molecule has 0 saturated carbocycles. The van der Waals surface area contributed by atoms with E-state index in [9.17, 15) is 13.6 Å². The van der Waals surface area contributed by atoms with Crippen molar-refractivity contribution in [3.8, 4) is 0 Å². The average molecular weight is 179 g/mol. The van der Waals surface area contributed by atoms with Crippen molar-refractivity contribution in [1.29, 1.82) is 0 Å². The summed E-state index contributed by atoms with van der Waals surface area (Å²) in [4.78, 5) is 10.8. The number of alkyl halides is 2. The van der Waals surface area contributed by atoms with Gasteiger partial charge in [0.25, 0.3) is 0 Å². The van der Waals surface area contributed by atoms with Crippen LogP contribution in [0.5, 0.6) is 0 Å². The maximum Gasteiger partial charge on any atom is 0.239 e. The molecular formula is C7H11F2NO2. The fourth-order valence-electron chi connectivity index (χ4n) is 1.30. The first-order valence-corrected chi connectivity index (χ1v) is 3.81. The van der Waals surface area contributed by atoms with Gasteiger partial charge in [0.2, 0.25) is 6.43 Å². The predicted octanol–water partition coefficient (Wildman–Crippen LogP) is -0.209. The number of halogens is 2. The summed E-state index contributed by atoms with van der Waals surface area (Å²) < 4.78 is 23.7. The molecule has 0 aromatic heterocycles. The summed E-state index contributed by atoms with van der Waals surface area (Å²) >= 11 is 0. The lowest BCUT2D eigenvalue weighted by molar-refractivity contribution is -0.132. The molecule has 1 aliphatic heterocycles. The summed E-state index contributed by atoms with van der Waals surface area (Å²) in [5, 5.41) is 11.8. The van der Waals surface area contributed by atoms with Crippen molar-refractivity contribution in [3.63, 3.8) is 0 Å². The van der Waals surface area contributed by atoms with Crippen LogP contribution in [-0.4, -0.2) is 36.5 Å². The third-order valence-electron chi connectivity index (χ3n) is 1.96. The van der Waals surface area contributed by atoms with Gasteiger partial charge in [-0.3, -0.25) is 4.79 Å². The first-order valence-electron chi connectivity index (χ1n) is 3.81. The number of Topliss-reactive ketones (excluding diaryl/α,β-unsaturated/α-hetero) is 1. The molecule has 0 radical (unpaired) electrons. The van der Waals surface area contributed by atoms with Gasteiger partial charge in [0.15, 0.2) is 5.78 Å². The number of nitrogens with one attached hydrogen (secondary N) is 1. The fourth-order valence-corrected chi connectivity index (χ4v) is 1.30. The van der Waals surface area contributed by atoms with Crippen molar-refractivity contribution in [3.05, 3.63) is 0 Å². The summed E-state index contributed by atoms with van der Waals surface area (Å²) in [6.45, 7) is 0.373. The zero-order valence-corrected chi connectivity index (χ0v) is 6.46. The van der Waals surface area contributed by atoms with E-state index in [0.717, 1.165) is 0 Å². The normalized spacial score (nSPS) is 31.2. The van der Waals surface area contributed by atoms with Crippen LogP contribution >= 0.6 is 0 Å². The number of carbonyl (C=O) groups excluding carboxylic acids is 1. The van der Waals surface area contributed by atoms with Crippen molar-refractivity contribution < 1.29 is 18.7 Å². The standard InChI is InChI=1S/C7H11F2NO2/c8-6(9)1-4-2-10-3-5(11)7(4)12/h4,6-7,10,12H,1-3H2/t4-,7+/m0/s1. The van der Waals surface area contributed by atoms with Gasteiger partial charge in [0.1, 0.15) is 6.10 Å². The molecule has 1 rings (SSSR count). The molecule has 0 aliphatic carbocycles. The molecule has 1 heterocycles. The van der Waals surface area contributed by atoms with E-state index in [1.807, 2.05) is 0 Å². The highest BCUT2D eigenvalue weighted by molar-refractivity contribution is 5.85. The minimum Gasteiger partial charge on any atom is -0.385 e. The van der Waals surface area contributed by atoms with Crippen molar-refractivity contribution in [2.24, 2.45) is 5.92 Å². The van der Waals surface area contributed by atoms with Crippen molar-refractivity contribution in [2.45, 2.75) is 19.0 Å². The molecule has 0 bridgehead atoms. The van der Waals surface area contributed by atoms with Crippen molar-refractivity contribution in [1.82, 2.24) is 5.32 Å². The van der Waals surface area contributed by atoms with Crippen LogP contribution in [0.25, 0.3) is 0 Å². The number of piperidine rings is 1. The molecule has 12 heavy (non-hydrogen) atoms. The number of carbonyl (C=O) groups is 1. The molecule has 1 saturated heterocycles. The molecule has 0 spiro atoms. The molecular weight excluding hydrogens is 168 g/mol. The highest BCUT2D eigenvalue weighted by Crippen LogP contribution is 2.17. The lowest BCUT2D eigenvalue weighted by atomic mass is 9.92.